The number of methoxy groups -OCH3 is 1. The number of ether oxygens (including phenoxy) is 1. The molecule has 7 atom stereocenters. The number of fused-ring (bicyclic) bond motifs is 6. The van der Waals surface area contributed by atoms with Gasteiger partial charge >= 0.3 is 5.97 Å². The minimum atomic E-state index is -2.29. The first kappa shape index (κ1) is 23.3. The van der Waals surface area contributed by atoms with E-state index >= 15 is 0 Å². The zero-order valence-electron chi connectivity index (χ0n) is 20.4. The third-order valence-corrected chi connectivity index (χ3v) is 10.6. The van der Waals surface area contributed by atoms with Gasteiger partial charge in [-0.1, -0.05) is 34.3 Å². The van der Waals surface area contributed by atoms with Gasteiger partial charge in [0.15, 0.2) is 22.6 Å². The summed E-state index contributed by atoms with van der Waals surface area (Å²) in [6.45, 7) is 15.2. The SMILES string of the molecule is C=C1C2(C)CC3C4(C)CCC(=O)C(C)(C)C4CCC3(C)C1(C(=O)OC)C(=O)C(C)(O)C2=O. The summed E-state index contributed by atoms with van der Waals surface area (Å²) in [4.78, 5) is 53.9. The predicted octanol–water partition coefficient (Wildman–Crippen LogP) is 3.44. The molecule has 4 saturated carbocycles. The first-order valence-corrected chi connectivity index (χ1v) is 11.6. The average molecular weight is 445 g/mol. The van der Waals surface area contributed by atoms with Gasteiger partial charge < -0.3 is 9.84 Å². The fraction of sp³-hybridized carbons (Fsp3) is 0.769. The maximum absolute atomic E-state index is 14.0. The molecule has 1 N–H and O–H groups in total. The van der Waals surface area contributed by atoms with Crippen LogP contribution in [0.5, 0.6) is 0 Å². The molecule has 4 aliphatic carbocycles. The van der Waals surface area contributed by atoms with E-state index < -0.39 is 44.8 Å². The molecule has 4 fully saturated rings. The van der Waals surface area contributed by atoms with Crippen molar-refractivity contribution in [3.8, 4) is 0 Å². The molecule has 0 spiro atoms. The summed E-state index contributed by atoms with van der Waals surface area (Å²) in [5.41, 5.74) is -6.85. The van der Waals surface area contributed by atoms with Gasteiger partial charge in [-0.2, -0.15) is 0 Å². The average Bonchev–Trinajstić information content (AvgIpc) is 2.71. The van der Waals surface area contributed by atoms with E-state index in [0.717, 1.165) is 0 Å². The zero-order valence-corrected chi connectivity index (χ0v) is 20.4. The van der Waals surface area contributed by atoms with Crippen LogP contribution in [-0.4, -0.2) is 41.1 Å². The topological polar surface area (TPSA) is 97.7 Å². The lowest BCUT2D eigenvalue weighted by Gasteiger charge is -2.71. The van der Waals surface area contributed by atoms with Crippen molar-refractivity contribution in [1.29, 1.82) is 0 Å². The van der Waals surface area contributed by atoms with Gasteiger partial charge in [0.25, 0.3) is 0 Å². The summed E-state index contributed by atoms with van der Waals surface area (Å²) < 4.78 is 5.22. The largest absolute Gasteiger partial charge is 0.468 e. The molecule has 7 unspecified atom stereocenters. The number of carbonyl (C=O) groups excluding carboxylic acids is 4. The third-order valence-electron chi connectivity index (χ3n) is 10.6. The Hall–Kier alpha value is -1.82. The van der Waals surface area contributed by atoms with E-state index in [-0.39, 0.29) is 28.6 Å². The summed E-state index contributed by atoms with van der Waals surface area (Å²) in [5.74, 6) is -2.03. The first-order chi connectivity index (χ1) is 14.5. The lowest BCUT2D eigenvalue weighted by atomic mass is 9.30. The number of hydrogen-bond donors (Lipinski definition) is 1. The van der Waals surface area contributed by atoms with Crippen molar-refractivity contribution >= 4 is 23.3 Å². The fourth-order valence-corrected chi connectivity index (χ4v) is 8.78. The van der Waals surface area contributed by atoms with Gasteiger partial charge in [0.1, 0.15) is 5.78 Å². The van der Waals surface area contributed by atoms with Crippen LogP contribution in [0, 0.1) is 38.9 Å². The quantitative estimate of drug-likeness (QED) is 0.378. The van der Waals surface area contributed by atoms with Crippen molar-refractivity contribution in [2.75, 3.05) is 7.11 Å². The van der Waals surface area contributed by atoms with Crippen LogP contribution in [0.25, 0.3) is 0 Å². The maximum atomic E-state index is 14.0. The molecule has 4 aliphatic rings. The Kier molecular flexibility index (Phi) is 4.52. The number of rotatable bonds is 1. The Labute approximate surface area is 190 Å². The van der Waals surface area contributed by atoms with Crippen LogP contribution < -0.4 is 0 Å². The molecule has 6 nitrogen and oxygen atoms in total. The van der Waals surface area contributed by atoms with Gasteiger partial charge in [-0.15, -0.1) is 0 Å². The van der Waals surface area contributed by atoms with E-state index in [0.29, 0.717) is 32.1 Å². The smallest absolute Gasteiger partial charge is 0.324 e. The molecule has 32 heavy (non-hydrogen) atoms. The van der Waals surface area contributed by atoms with E-state index in [4.69, 9.17) is 4.74 Å². The van der Waals surface area contributed by atoms with E-state index in [1.54, 1.807) is 6.92 Å². The van der Waals surface area contributed by atoms with Crippen molar-refractivity contribution in [2.45, 2.75) is 79.2 Å². The molecule has 176 valence electrons. The Morgan fingerprint density at radius 3 is 2.16 bits per heavy atom. The minimum Gasteiger partial charge on any atom is -0.468 e. The highest BCUT2D eigenvalue weighted by molar-refractivity contribution is 6.26. The summed E-state index contributed by atoms with van der Waals surface area (Å²) in [6.07, 6.45) is 2.66. The van der Waals surface area contributed by atoms with Gasteiger partial charge in [0.05, 0.1) is 12.5 Å². The van der Waals surface area contributed by atoms with Gasteiger partial charge in [0, 0.05) is 11.8 Å². The number of ketones is 3. The lowest BCUT2D eigenvalue weighted by Crippen LogP contribution is -2.77. The standard InChI is InChI=1S/C26H36O6/c1-14-23(5)13-16-22(4)11-10-17(27)21(2,3)15(22)9-12-24(16,6)26(14,20(30)32-8)19(29)25(7,31)18(23)28/h15-16,31H,1,9-13H2,2-8H3. The summed E-state index contributed by atoms with van der Waals surface area (Å²) in [7, 11) is 1.24. The predicted molar refractivity (Wildman–Crippen MR) is 117 cm³/mol. The van der Waals surface area contributed by atoms with E-state index in [9.17, 15) is 24.3 Å². The number of carbonyl (C=O) groups is 4. The van der Waals surface area contributed by atoms with Crippen molar-refractivity contribution in [3.63, 3.8) is 0 Å². The van der Waals surface area contributed by atoms with Crippen LogP contribution in [0.4, 0.5) is 0 Å². The van der Waals surface area contributed by atoms with Crippen LogP contribution in [-0.2, 0) is 23.9 Å². The maximum Gasteiger partial charge on any atom is 0.324 e. The van der Waals surface area contributed by atoms with Gasteiger partial charge in [-0.25, -0.2) is 0 Å². The minimum absolute atomic E-state index is 0.0745. The Morgan fingerprint density at radius 1 is 1.00 bits per heavy atom. The number of esters is 1. The summed E-state index contributed by atoms with van der Waals surface area (Å²) in [6, 6.07) is 0. The second-order valence-electron chi connectivity index (χ2n) is 12.2. The van der Waals surface area contributed by atoms with Crippen molar-refractivity contribution in [1.82, 2.24) is 0 Å². The third kappa shape index (κ3) is 2.16. The van der Waals surface area contributed by atoms with Crippen LogP contribution in [0.1, 0.15) is 73.6 Å². The van der Waals surface area contributed by atoms with Crippen LogP contribution >= 0.6 is 0 Å². The second kappa shape index (κ2) is 6.19. The van der Waals surface area contributed by atoms with E-state index in [1.807, 2.05) is 20.8 Å². The molecule has 0 amide bonds. The van der Waals surface area contributed by atoms with E-state index in [1.165, 1.54) is 14.0 Å². The highest BCUT2D eigenvalue weighted by Gasteiger charge is 2.81. The lowest BCUT2D eigenvalue weighted by molar-refractivity contribution is -0.222. The Bertz CT molecular complexity index is 965. The Balaban J connectivity index is 2.03. The first-order valence-electron chi connectivity index (χ1n) is 11.6. The molecule has 0 radical (unpaired) electrons. The highest BCUT2D eigenvalue weighted by Crippen LogP contribution is 2.76. The molecule has 0 aliphatic heterocycles. The zero-order chi connectivity index (χ0) is 24.3. The van der Waals surface area contributed by atoms with Gasteiger partial charge in [-0.3, -0.25) is 19.2 Å². The van der Waals surface area contributed by atoms with Crippen LogP contribution in [0.2, 0.25) is 0 Å². The normalized spacial score (nSPS) is 49.9. The molecular weight excluding hydrogens is 408 g/mol. The molecule has 0 aromatic carbocycles. The monoisotopic (exact) mass is 444 g/mol. The van der Waals surface area contributed by atoms with Crippen LogP contribution in [0.15, 0.2) is 12.2 Å². The summed E-state index contributed by atoms with van der Waals surface area (Å²) >= 11 is 0. The summed E-state index contributed by atoms with van der Waals surface area (Å²) in [5, 5.41) is 11.1. The number of hydrogen-bond acceptors (Lipinski definition) is 6. The van der Waals surface area contributed by atoms with Crippen molar-refractivity contribution < 1.29 is 29.0 Å². The highest BCUT2D eigenvalue weighted by atomic mass is 16.5. The molecule has 0 aromatic rings. The molecule has 4 rings (SSSR count). The molecule has 0 saturated heterocycles. The van der Waals surface area contributed by atoms with Gasteiger partial charge in [-0.05, 0) is 67.8 Å². The molecule has 2 bridgehead atoms. The molecule has 0 aromatic heterocycles. The number of aliphatic hydroxyl groups is 1. The van der Waals surface area contributed by atoms with Crippen molar-refractivity contribution in [2.24, 2.45) is 38.9 Å². The molecular formula is C26H36O6. The van der Waals surface area contributed by atoms with Crippen LogP contribution in [0.3, 0.4) is 0 Å². The van der Waals surface area contributed by atoms with Gasteiger partial charge in [0.2, 0.25) is 0 Å². The Morgan fingerprint density at radius 2 is 1.59 bits per heavy atom. The van der Waals surface area contributed by atoms with Crippen molar-refractivity contribution in [3.05, 3.63) is 12.2 Å². The molecule has 0 heterocycles. The molecule has 6 heteroatoms. The second-order valence-corrected chi connectivity index (χ2v) is 12.2. The van der Waals surface area contributed by atoms with E-state index in [2.05, 4.69) is 13.5 Å². The number of Topliss-reactive ketones (excluding diaryl/α,β-unsaturated/α-hetero) is 3. The fourth-order valence-electron chi connectivity index (χ4n) is 8.78.